The quantitative estimate of drug-likeness (QED) is 0.536. The molecule has 0 saturated carbocycles. The van der Waals surface area contributed by atoms with Gasteiger partial charge in [-0.2, -0.15) is 0 Å². The Bertz CT molecular complexity index is 1130. The number of para-hydroxylation sites is 2. The molecule has 1 saturated heterocycles. The summed E-state index contributed by atoms with van der Waals surface area (Å²) in [5, 5.41) is 0.636. The van der Waals surface area contributed by atoms with Gasteiger partial charge in [-0.05, 0) is 64.1 Å². The van der Waals surface area contributed by atoms with E-state index < -0.39 is 0 Å². The van der Waals surface area contributed by atoms with Crippen molar-refractivity contribution in [3.8, 4) is 0 Å². The zero-order valence-electron chi connectivity index (χ0n) is 19.0. The fourth-order valence-electron chi connectivity index (χ4n) is 4.71. The SMILES string of the molecule is CC(C)N(C(=O)Cn1c(C2CC(=O)N(c3ccc(Cl)cc3)C2)nc2ccccc21)C(C)C. The minimum atomic E-state index is -0.0927. The van der Waals surface area contributed by atoms with Crippen LogP contribution >= 0.6 is 11.6 Å². The van der Waals surface area contributed by atoms with Gasteiger partial charge in [0.15, 0.2) is 0 Å². The minimum absolute atomic E-state index is 0.0493. The third-order valence-electron chi connectivity index (χ3n) is 6.01. The molecule has 4 rings (SSSR count). The van der Waals surface area contributed by atoms with Crippen molar-refractivity contribution in [1.82, 2.24) is 14.5 Å². The molecule has 0 radical (unpaired) electrons. The van der Waals surface area contributed by atoms with Crippen LogP contribution in [0.15, 0.2) is 48.5 Å². The summed E-state index contributed by atoms with van der Waals surface area (Å²) < 4.78 is 2.00. The molecule has 2 aromatic carbocycles. The summed E-state index contributed by atoms with van der Waals surface area (Å²) in [6, 6.07) is 15.4. The highest BCUT2D eigenvalue weighted by atomic mass is 35.5. The number of hydrogen-bond donors (Lipinski definition) is 0. The molecule has 32 heavy (non-hydrogen) atoms. The van der Waals surface area contributed by atoms with Crippen molar-refractivity contribution >= 4 is 40.1 Å². The van der Waals surface area contributed by atoms with Crippen molar-refractivity contribution < 1.29 is 9.59 Å². The van der Waals surface area contributed by atoms with E-state index in [2.05, 4.69) is 0 Å². The van der Waals surface area contributed by atoms with Crippen LogP contribution in [-0.2, 0) is 16.1 Å². The van der Waals surface area contributed by atoms with Crippen LogP contribution in [0.4, 0.5) is 5.69 Å². The number of rotatable bonds is 6. The number of anilines is 1. The second kappa shape index (κ2) is 8.94. The van der Waals surface area contributed by atoms with Gasteiger partial charge >= 0.3 is 0 Å². The molecule has 168 valence electrons. The van der Waals surface area contributed by atoms with Crippen LogP contribution in [0.5, 0.6) is 0 Å². The third-order valence-corrected chi connectivity index (χ3v) is 6.26. The first-order chi connectivity index (χ1) is 15.3. The number of nitrogens with zero attached hydrogens (tertiary/aromatic N) is 4. The number of fused-ring (bicyclic) bond motifs is 1. The number of imidazole rings is 1. The first-order valence-corrected chi connectivity index (χ1v) is 11.5. The fraction of sp³-hybridized carbons (Fsp3) is 0.400. The predicted octanol–water partition coefficient (Wildman–Crippen LogP) is 4.86. The van der Waals surface area contributed by atoms with Gasteiger partial charge in [0.1, 0.15) is 12.4 Å². The molecule has 2 heterocycles. The van der Waals surface area contributed by atoms with E-state index in [1.54, 1.807) is 17.0 Å². The molecule has 0 bridgehead atoms. The predicted molar refractivity (Wildman–Crippen MR) is 128 cm³/mol. The number of hydrogen-bond acceptors (Lipinski definition) is 3. The van der Waals surface area contributed by atoms with Gasteiger partial charge in [0.2, 0.25) is 11.8 Å². The maximum absolute atomic E-state index is 13.3. The molecule has 0 aliphatic carbocycles. The average Bonchev–Trinajstić information content (AvgIpc) is 3.29. The summed E-state index contributed by atoms with van der Waals surface area (Å²) in [4.78, 5) is 34.7. The van der Waals surface area contributed by atoms with Crippen LogP contribution in [0.25, 0.3) is 11.0 Å². The van der Waals surface area contributed by atoms with Crippen molar-refractivity contribution in [2.75, 3.05) is 11.4 Å². The van der Waals surface area contributed by atoms with E-state index in [-0.39, 0.29) is 36.4 Å². The molecule has 1 unspecified atom stereocenters. The molecule has 1 aliphatic heterocycles. The average molecular weight is 453 g/mol. The highest BCUT2D eigenvalue weighted by Crippen LogP contribution is 2.33. The molecule has 2 amide bonds. The lowest BCUT2D eigenvalue weighted by atomic mass is 10.1. The first-order valence-electron chi connectivity index (χ1n) is 11.1. The van der Waals surface area contributed by atoms with Gasteiger partial charge in [0.25, 0.3) is 0 Å². The maximum Gasteiger partial charge on any atom is 0.243 e. The largest absolute Gasteiger partial charge is 0.336 e. The maximum atomic E-state index is 13.3. The summed E-state index contributed by atoms with van der Waals surface area (Å²) in [6.45, 7) is 8.86. The Morgan fingerprint density at radius 1 is 1.09 bits per heavy atom. The number of halogens is 1. The molecule has 6 nitrogen and oxygen atoms in total. The van der Waals surface area contributed by atoms with Crippen LogP contribution in [0.3, 0.4) is 0 Å². The van der Waals surface area contributed by atoms with Crippen molar-refractivity contribution in [3.63, 3.8) is 0 Å². The number of amides is 2. The number of benzene rings is 2. The lowest BCUT2D eigenvalue weighted by molar-refractivity contribution is -0.135. The van der Waals surface area contributed by atoms with Crippen molar-refractivity contribution in [2.45, 2.75) is 58.7 Å². The molecule has 1 aromatic heterocycles. The van der Waals surface area contributed by atoms with E-state index in [0.717, 1.165) is 22.5 Å². The smallest absolute Gasteiger partial charge is 0.243 e. The van der Waals surface area contributed by atoms with Gasteiger partial charge in [0, 0.05) is 41.7 Å². The van der Waals surface area contributed by atoms with E-state index in [9.17, 15) is 9.59 Å². The van der Waals surface area contributed by atoms with Crippen molar-refractivity contribution in [1.29, 1.82) is 0 Å². The van der Waals surface area contributed by atoms with E-state index in [0.29, 0.717) is 18.0 Å². The summed E-state index contributed by atoms with van der Waals surface area (Å²) in [7, 11) is 0. The Labute approximate surface area is 193 Å². The highest BCUT2D eigenvalue weighted by Gasteiger charge is 2.35. The Hall–Kier alpha value is -2.86. The molecule has 0 spiro atoms. The van der Waals surface area contributed by atoms with Crippen molar-refractivity contribution in [3.05, 3.63) is 59.4 Å². The molecule has 1 fully saturated rings. The topological polar surface area (TPSA) is 58.4 Å². The Balaban J connectivity index is 1.68. The lowest BCUT2D eigenvalue weighted by Gasteiger charge is -2.31. The standard InChI is InChI=1S/C25H29ClN4O2/c1-16(2)30(17(3)4)24(32)15-29-22-8-6-5-7-21(22)27-25(29)18-13-23(31)28(14-18)20-11-9-19(26)10-12-20/h5-12,16-18H,13-15H2,1-4H3. The molecule has 1 aliphatic rings. The van der Waals surface area contributed by atoms with Crippen LogP contribution in [0.1, 0.15) is 45.9 Å². The normalized spacial score (nSPS) is 16.5. The zero-order valence-corrected chi connectivity index (χ0v) is 19.7. The van der Waals surface area contributed by atoms with Crippen molar-refractivity contribution in [2.24, 2.45) is 0 Å². The first kappa shape index (κ1) is 22.3. The molecule has 1 atom stereocenters. The van der Waals surface area contributed by atoms with Gasteiger partial charge in [0.05, 0.1) is 11.0 Å². The number of aromatic nitrogens is 2. The van der Waals surface area contributed by atoms with E-state index in [1.165, 1.54) is 0 Å². The van der Waals surface area contributed by atoms with Crippen LogP contribution in [0.2, 0.25) is 5.02 Å². The van der Waals surface area contributed by atoms with Gasteiger partial charge in [-0.25, -0.2) is 4.98 Å². The Kier molecular flexibility index (Phi) is 6.24. The van der Waals surface area contributed by atoms with Crippen LogP contribution in [-0.4, -0.2) is 44.9 Å². The van der Waals surface area contributed by atoms with E-state index in [4.69, 9.17) is 16.6 Å². The monoisotopic (exact) mass is 452 g/mol. The van der Waals surface area contributed by atoms with Gasteiger partial charge in [-0.1, -0.05) is 23.7 Å². The minimum Gasteiger partial charge on any atom is -0.336 e. The Morgan fingerprint density at radius 2 is 1.75 bits per heavy atom. The molecular weight excluding hydrogens is 424 g/mol. The summed E-state index contributed by atoms with van der Waals surface area (Å²) in [5.41, 5.74) is 2.58. The highest BCUT2D eigenvalue weighted by molar-refractivity contribution is 6.30. The second-order valence-corrected chi connectivity index (χ2v) is 9.35. The fourth-order valence-corrected chi connectivity index (χ4v) is 4.84. The van der Waals surface area contributed by atoms with Gasteiger partial charge in [-0.3, -0.25) is 9.59 Å². The lowest BCUT2D eigenvalue weighted by Crippen LogP contribution is -2.44. The molecular formula is C25H29ClN4O2. The number of carbonyl (C=O) groups is 2. The Morgan fingerprint density at radius 3 is 2.41 bits per heavy atom. The summed E-state index contributed by atoms with van der Waals surface area (Å²) in [5.74, 6) is 0.799. The van der Waals surface area contributed by atoms with E-state index in [1.807, 2.05) is 73.6 Å². The van der Waals surface area contributed by atoms with Crippen LogP contribution in [0, 0.1) is 0 Å². The molecule has 7 heteroatoms. The zero-order chi connectivity index (χ0) is 23.0. The third kappa shape index (κ3) is 4.24. The van der Waals surface area contributed by atoms with Gasteiger partial charge in [-0.15, -0.1) is 0 Å². The summed E-state index contributed by atoms with van der Waals surface area (Å²) in [6.07, 6.45) is 0.359. The van der Waals surface area contributed by atoms with E-state index >= 15 is 0 Å². The van der Waals surface area contributed by atoms with Crippen LogP contribution < -0.4 is 4.90 Å². The van der Waals surface area contributed by atoms with Gasteiger partial charge < -0.3 is 14.4 Å². The summed E-state index contributed by atoms with van der Waals surface area (Å²) >= 11 is 6.01. The molecule has 3 aromatic rings. The second-order valence-electron chi connectivity index (χ2n) is 8.92. The molecule has 0 N–H and O–H groups in total. The number of carbonyl (C=O) groups excluding carboxylic acids is 2.